The maximum atomic E-state index is 13.1. The molecular weight excluding hydrogens is 919 g/mol. The highest BCUT2D eigenvalue weighted by Gasteiger charge is 2.51. The van der Waals surface area contributed by atoms with Crippen LogP contribution in [0.25, 0.3) is 0 Å². The second kappa shape index (κ2) is 42.7. The van der Waals surface area contributed by atoms with Crippen LogP contribution in [0, 0.1) is 0 Å². The number of ether oxygens (including phenoxy) is 4. The van der Waals surface area contributed by atoms with E-state index in [2.05, 4.69) is 141 Å². The van der Waals surface area contributed by atoms with Crippen molar-refractivity contribution in [2.75, 3.05) is 19.8 Å². The number of aliphatic hydroxyl groups is 8. The Kier molecular flexibility index (Phi) is 38.3. The fraction of sp³-hybridized carbons (Fsp3) is 0.638. The van der Waals surface area contributed by atoms with Crippen molar-refractivity contribution in [3.8, 4) is 0 Å². The number of amides is 1. The van der Waals surface area contributed by atoms with Gasteiger partial charge < -0.3 is 65.1 Å². The first-order valence-electron chi connectivity index (χ1n) is 26.8. The Bertz CT molecular complexity index is 1670. The molecule has 9 N–H and O–H groups in total. The van der Waals surface area contributed by atoms with Crippen LogP contribution >= 0.6 is 0 Å². The lowest BCUT2D eigenvalue weighted by atomic mass is 9.97. The van der Waals surface area contributed by atoms with Crippen molar-refractivity contribution in [2.45, 2.75) is 216 Å². The van der Waals surface area contributed by atoms with Crippen molar-refractivity contribution in [3.05, 3.63) is 122 Å². The second-order valence-electron chi connectivity index (χ2n) is 18.3. The molecular formula is C58H93NO13. The van der Waals surface area contributed by atoms with Gasteiger partial charge in [0.2, 0.25) is 5.91 Å². The Morgan fingerprint density at radius 1 is 0.514 bits per heavy atom. The molecule has 0 aromatic rings. The first-order chi connectivity index (χ1) is 35.1. The van der Waals surface area contributed by atoms with Crippen LogP contribution in [0.2, 0.25) is 0 Å². The number of aliphatic hydroxyl groups excluding tert-OH is 8. The molecule has 2 fully saturated rings. The minimum absolute atomic E-state index is 0.238. The third-order valence-electron chi connectivity index (χ3n) is 12.2. The van der Waals surface area contributed by atoms with Gasteiger partial charge in [0.25, 0.3) is 0 Å². The van der Waals surface area contributed by atoms with Crippen LogP contribution in [0.15, 0.2) is 122 Å². The van der Waals surface area contributed by atoms with Gasteiger partial charge in [-0.05, 0) is 89.9 Å². The van der Waals surface area contributed by atoms with E-state index in [0.29, 0.717) is 12.8 Å². The summed E-state index contributed by atoms with van der Waals surface area (Å²) in [5.74, 6) is -0.264. The van der Waals surface area contributed by atoms with Gasteiger partial charge in [0, 0.05) is 6.42 Å². The zero-order chi connectivity index (χ0) is 52.4. The van der Waals surface area contributed by atoms with Crippen LogP contribution < -0.4 is 5.32 Å². The maximum absolute atomic E-state index is 13.1. The summed E-state index contributed by atoms with van der Waals surface area (Å²) in [6.07, 6.45) is 44.2. The third kappa shape index (κ3) is 28.7. The van der Waals surface area contributed by atoms with Gasteiger partial charge in [-0.25, -0.2) is 0 Å². The zero-order valence-electron chi connectivity index (χ0n) is 43.4. The highest BCUT2D eigenvalue weighted by atomic mass is 16.7. The molecule has 2 aliphatic rings. The van der Waals surface area contributed by atoms with E-state index < -0.39 is 86.8 Å². The molecule has 0 saturated carbocycles. The molecule has 2 heterocycles. The molecule has 0 aromatic carbocycles. The molecule has 14 nitrogen and oxygen atoms in total. The first-order valence-corrected chi connectivity index (χ1v) is 26.8. The number of carbonyl (C=O) groups excluding carboxylic acids is 1. The Labute approximate surface area is 431 Å². The lowest BCUT2D eigenvalue weighted by Gasteiger charge is -2.46. The van der Waals surface area contributed by atoms with Crippen molar-refractivity contribution in [2.24, 2.45) is 0 Å². The molecule has 0 aromatic heterocycles. The quantitative estimate of drug-likeness (QED) is 0.0211. The highest BCUT2D eigenvalue weighted by Crippen LogP contribution is 2.30. The van der Waals surface area contributed by atoms with Crippen molar-refractivity contribution in [3.63, 3.8) is 0 Å². The Hall–Kier alpha value is -3.61. The average Bonchev–Trinajstić information content (AvgIpc) is 3.38. The van der Waals surface area contributed by atoms with Crippen LogP contribution in [0.4, 0.5) is 0 Å². The molecule has 2 aliphatic heterocycles. The minimum Gasteiger partial charge on any atom is -0.394 e. The van der Waals surface area contributed by atoms with E-state index in [1.54, 1.807) is 0 Å². The predicted molar refractivity (Wildman–Crippen MR) is 285 cm³/mol. The van der Waals surface area contributed by atoms with Gasteiger partial charge in [-0.3, -0.25) is 4.79 Å². The molecule has 0 bridgehead atoms. The number of nitrogens with one attached hydrogen (secondary N) is 1. The number of hydrogen-bond donors (Lipinski definition) is 9. The molecule has 12 atom stereocenters. The molecule has 0 spiro atoms. The van der Waals surface area contributed by atoms with E-state index in [0.717, 1.165) is 109 Å². The molecule has 2 rings (SSSR count). The molecule has 72 heavy (non-hydrogen) atoms. The van der Waals surface area contributed by atoms with Crippen LogP contribution in [-0.2, 0) is 23.7 Å². The van der Waals surface area contributed by atoms with E-state index in [4.69, 9.17) is 18.9 Å². The molecule has 0 radical (unpaired) electrons. The molecule has 408 valence electrons. The number of rotatable bonds is 39. The number of hydrogen-bond acceptors (Lipinski definition) is 13. The molecule has 0 aliphatic carbocycles. The van der Waals surface area contributed by atoms with Crippen LogP contribution in [0.3, 0.4) is 0 Å². The van der Waals surface area contributed by atoms with Gasteiger partial charge in [-0.1, -0.05) is 167 Å². The number of unbranched alkanes of at least 4 members (excludes halogenated alkanes) is 6. The van der Waals surface area contributed by atoms with Crippen LogP contribution in [0.5, 0.6) is 0 Å². The van der Waals surface area contributed by atoms with Crippen molar-refractivity contribution >= 4 is 5.91 Å². The van der Waals surface area contributed by atoms with Crippen molar-refractivity contribution in [1.82, 2.24) is 5.32 Å². The highest BCUT2D eigenvalue weighted by molar-refractivity contribution is 5.76. The van der Waals surface area contributed by atoms with Gasteiger partial charge in [0.1, 0.15) is 48.8 Å². The third-order valence-corrected chi connectivity index (χ3v) is 12.2. The summed E-state index contributed by atoms with van der Waals surface area (Å²) in [6, 6.07) is -0.857. The topological polar surface area (TPSA) is 228 Å². The fourth-order valence-electron chi connectivity index (χ4n) is 7.85. The lowest BCUT2D eigenvalue weighted by Crippen LogP contribution is -2.65. The summed E-state index contributed by atoms with van der Waals surface area (Å²) in [7, 11) is 0. The molecule has 12 unspecified atom stereocenters. The van der Waals surface area contributed by atoms with Gasteiger partial charge in [0.05, 0.1) is 32.0 Å². The van der Waals surface area contributed by atoms with E-state index in [-0.39, 0.29) is 18.9 Å². The van der Waals surface area contributed by atoms with E-state index in [1.165, 1.54) is 0 Å². The summed E-state index contributed by atoms with van der Waals surface area (Å²) >= 11 is 0. The summed E-state index contributed by atoms with van der Waals surface area (Å²) in [5.41, 5.74) is 0. The number of allylic oxidation sites excluding steroid dienone is 20. The monoisotopic (exact) mass is 1010 g/mol. The van der Waals surface area contributed by atoms with Gasteiger partial charge in [-0.2, -0.15) is 0 Å². The minimum atomic E-state index is -1.79. The average molecular weight is 1010 g/mol. The van der Waals surface area contributed by atoms with Crippen LogP contribution in [0.1, 0.15) is 142 Å². The zero-order valence-corrected chi connectivity index (χ0v) is 43.4. The van der Waals surface area contributed by atoms with Gasteiger partial charge in [-0.15, -0.1) is 0 Å². The predicted octanol–water partition coefficient (Wildman–Crippen LogP) is 7.88. The lowest BCUT2D eigenvalue weighted by molar-refractivity contribution is -0.359. The summed E-state index contributed by atoms with van der Waals surface area (Å²) in [6.45, 7) is 2.56. The number of carbonyl (C=O) groups is 1. The second-order valence-corrected chi connectivity index (χ2v) is 18.3. The SMILES string of the molecule is CC/C=C\C/C=C\C/C=C\C/C=C\C/C=C\C/C=C\C/C=C\C/C=C\C/C=C\C/C=C\CCCCC(=O)NC(COC1OC(CO)C(OC2OC(CO)C(O)C(O)C2O)C(O)C1O)C(O)CCCCCCC. The van der Waals surface area contributed by atoms with Gasteiger partial charge in [0.15, 0.2) is 12.6 Å². The first kappa shape index (κ1) is 64.5. The summed E-state index contributed by atoms with van der Waals surface area (Å²) in [5, 5.41) is 86.3. The Balaban J connectivity index is 1.65. The van der Waals surface area contributed by atoms with Crippen molar-refractivity contribution in [1.29, 1.82) is 0 Å². The fourth-order valence-corrected chi connectivity index (χ4v) is 7.85. The van der Waals surface area contributed by atoms with Crippen LogP contribution in [-0.4, -0.2) is 140 Å². The molecule has 1 amide bonds. The smallest absolute Gasteiger partial charge is 0.220 e. The summed E-state index contributed by atoms with van der Waals surface area (Å²) < 4.78 is 22.6. The van der Waals surface area contributed by atoms with E-state index in [1.807, 2.05) is 0 Å². The maximum Gasteiger partial charge on any atom is 0.220 e. The van der Waals surface area contributed by atoms with E-state index in [9.17, 15) is 45.6 Å². The standard InChI is InChI=1S/C58H93NO13/c1-3-5-7-9-10-11-12-13-14-15-16-17-18-19-20-21-22-23-24-25-26-27-28-29-30-31-32-33-34-35-36-38-40-42-50(63)59-46(47(62)41-39-37-8-6-4-2)45-69-57-55(68)53(66)56(49(44-61)71-57)72-58-54(67)52(65)51(64)48(43-60)70-58/h5,7,10-11,13-14,16-17,19-20,22-23,25-26,28-29,31-32,34-35,46-49,51-58,60-62,64-68H,3-4,6,8-9,12,15,18,21,24,27,30,33,36-45H2,1-2H3,(H,59,63)/b7-5-,11-10-,14-13-,17-16-,20-19-,23-22-,26-25-,29-28-,32-31-,35-34-. The van der Waals surface area contributed by atoms with E-state index >= 15 is 0 Å². The van der Waals surface area contributed by atoms with Crippen molar-refractivity contribution < 1.29 is 64.6 Å². The Morgan fingerprint density at radius 3 is 1.43 bits per heavy atom. The normalized spacial score (nSPS) is 26.6. The van der Waals surface area contributed by atoms with Gasteiger partial charge >= 0.3 is 0 Å². The molecule has 14 heteroatoms. The molecule has 2 saturated heterocycles. The Morgan fingerprint density at radius 2 is 0.958 bits per heavy atom. The largest absolute Gasteiger partial charge is 0.394 e. The summed E-state index contributed by atoms with van der Waals surface area (Å²) in [4.78, 5) is 13.1.